The zero-order valence-electron chi connectivity index (χ0n) is 13.5. The third-order valence-corrected chi connectivity index (χ3v) is 3.32. The molecule has 6 N–H and O–H groups in total. The first-order chi connectivity index (χ1) is 11.8. The summed E-state index contributed by atoms with van der Waals surface area (Å²) in [6, 6.07) is 11.8. The van der Waals surface area contributed by atoms with Gasteiger partial charge < -0.3 is 21.5 Å². The summed E-state index contributed by atoms with van der Waals surface area (Å²) in [5.74, 6) is -1.53. The Labute approximate surface area is 144 Å². The number of hydrogen-bond donors (Lipinski definition) is 5. The van der Waals surface area contributed by atoms with Crippen molar-refractivity contribution in [1.82, 2.24) is 0 Å². The fourth-order valence-corrected chi connectivity index (χ4v) is 2.19. The monoisotopic (exact) mass is 338 g/mol. The number of guanidine groups is 1. The van der Waals surface area contributed by atoms with E-state index in [1.165, 1.54) is 6.08 Å². The van der Waals surface area contributed by atoms with E-state index in [1.807, 2.05) is 6.92 Å². The number of aliphatic carboxylic acids is 1. The van der Waals surface area contributed by atoms with E-state index in [4.69, 9.17) is 16.2 Å². The van der Waals surface area contributed by atoms with E-state index in [9.17, 15) is 9.59 Å². The lowest BCUT2D eigenvalue weighted by Crippen LogP contribution is -2.21. The minimum atomic E-state index is -1.02. The van der Waals surface area contributed by atoms with Crippen molar-refractivity contribution in [3.8, 4) is 0 Å². The first-order valence-corrected chi connectivity index (χ1v) is 7.39. The maximum atomic E-state index is 12.4. The fraction of sp³-hybridized carbons (Fsp3) is 0.0556. The van der Waals surface area contributed by atoms with Gasteiger partial charge in [-0.05, 0) is 54.5 Å². The summed E-state index contributed by atoms with van der Waals surface area (Å²) in [5, 5.41) is 21.3. The number of nitrogens with two attached hydrogens (primary N) is 1. The zero-order valence-corrected chi connectivity index (χ0v) is 13.5. The van der Waals surface area contributed by atoms with Crippen LogP contribution in [0.2, 0.25) is 0 Å². The molecule has 7 heteroatoms. The SMILES string of the molecule is Cc1cc(/C=C/C(=O)O)ccc1NC(=O)c1cccc(NC(=N)N)c1. The number of amides is 1. The number of carbonyl (C=O) groups excluding carboxylic acids is 1. The number of hydrogen-bond acceptors (Lipinski definition) is 3. The summed E-state index contributed by atoms with van der Waals surface area (Å²) in [5.41, 5.74) is 8.40. The predicted octanol–water partition coefficient (Wildman–Crippen LogP) is 2.65. The van der Waals surface area contributed by atoms with Crippen molar-refractivity contribution in [2.75, 3.05) is 10.6 Å². The number of carbonyl (C=O) groups is 2. The fourth-order valence-electron chi connectivity index (χ4n) is 2.19. The van der Waals surface area contributed by atoms with Crippen LogP contribution < -0.4 is 16.4 Å². The first-order valence-electron chi connectivity index (χ1n) is 7.39. The quantitative estimate of drug-likeness (QED) is 0.325. The van der Waals surface area contributed by atoms with Gasteiger partial charge >= 0.3 is 5.97 Å². The van der Waals surface area contributed by atoms with E-state index < -0.39 is 5.97 Å². The lowest BCUT2D eigenvalue weighted by Gasteiger charge is -2.10. The van der Waals surface area contributed by atoms with Crippen LogP contribution in [-0.4, -0.2) is 22.9 Å². The van der Waals surface area contributed by atoms with Crippen LogP contribution in [0.4, 0.5) is 11.4 Å². The second kappa shape index (κ2) is 7.78. The highest BCUT2D eigenvalue weighted by Gasteiger charge is 2.09. The standard InChI is InChI=1S/C18H18N4O3/c1-11-9-12(6-8-16(23)24)5-7-15(11)22-17(25)13-3-2-4-14(10-13)21-18(19)20/h2-10H,1H3,(H,22,25)(H,23,24)(H4,19,20,21)/b8-6+. The van der Waals surface area contributed by atoms with Crippen molar-refractivity contribution < 1.29 is 14.7 Å². The molecule has 0 bridgehead atoms. The molecule has 128 valence electrons. The van der Waals surface area contributed by atoms with E-state index in [0.717, 1.165) is 17.2 Å². The number of anilines is 2. The summed E-state index contributed by atoms with van der Waals surface area (Å²) in [4.78, 5) is 22.9. The van der Waals surface area contributed by atoms with Gasteiger partial charge in [0.2, 0.25) is 0 Å². The second-order valence-electron chi connectivity index (χ2n) is 5.32. The van der Waals surface area contributed by atoms with Crippen molar-refractivity contribution in [2.45, 2.75) is 6.92 Å². The third kappa shape index (κ3) is 5.21. The Hall–Kier alpha value is -3.61. The molecule has 0 spiro atoms. The molecule has 25 heavy (non-hydrogen) atoms. The average Bonchev–Trinajstić information content (AvgIpc) is 2.54. The summed E-state index contributed by atoms with van der Waals surface area (Å²) in [6.45, 7) is 1.82. The van der Waals surface area contributed by atoms with Gasteiger partial charge in [-0.2, -0.15) is 0 Å². The summed E-state index contributed by atoms with van der Waals surface area (Å²) >= 11 is 0. The van der Waals surface area contributed by atoms with Gasteiger partial charge in [-0.15, -0.1) is 0 Å². The maximum Gasteiger partial charge on any atom is 0.328 e. The Kier molecular flexibility index (Phi) is 5.52. The van der Waals surface area contributed by atoms with E-state index in [-0.39, 0.29) is 11.9 Å². The average molecular weight is 338 g/mol. The molecule has 0 aliphatic heterocycles. The summed E-state index contributed by atoms with van der Waals surface area (Å²) in [6.07, 6.45) is 2.54. The van der Waals surface area contributed by atoms with Crippen LogP contribution in [0, 0.1) is 12.3 Å². The molecule has 0 aliphatic rings. The largest absolute Gasteiger partial charge is 0.478 e. The molecule has 0 aromatic heterocycles. The van der Waals surface area contributed by atoms with Crippen LogP contribution in [0.3, 0.4) is 0 Å². The molecule has 0 radical (unpaired) electrons. The van der Waals surface area contributed by atoms with Gasteiger partial charge in [-0.1, -0.05) is 12.1 Å². The van der Waals surface area contributed by atoms with Gasteiger partial charge in [0, 0.05) is 23.0 Å². The molecule has 7 nitrogen and oxygen atoms in total. The topological polar surface area (TPSA) is 128 Å². The van der Waals surface area contributed by atoms with Gasteiger partial charge in [0.25, 0.3) is 5.91 Å². The van der Waals surface area contributed by atoms with Gasteiger partial charge in [-0.3, -0.25) is 10.2 Å². The molecule has 2 aromatic carbocycles. The highest BCUT2D eigenvalue weighted by atomic mass is 16.4. The molecular formula is C18H18N4O3. The van der Waals surface area contributed by atoms with Crippen molar-refractivity contribution in [1.29, 1.82) is 5.41 Å². The first kappa shape index (κ1) is 17.7. The molecule has 0 unspecified atom stereocenters. The Morgan fingerprint density at radius 1 is 1.16 bits per heavy atom. The van der Waals surface area contributed by atoms with Crippen LogP contribution in [-0.2, 0) is 4.79 Å². The zero-order chi connectivity index (χ0) is 18.4. The number of carboxylic acid groups (broad SMARTS) is 1. The Balaban J connectivity index is 2.15. The lowest BCUT2D eigenvalue weighted by molar-refractivity contribution is -0.131. The lowest BCUT2D eigenvalue weighted by atomic mass is 10.1. The molecule has 2 rings (SSSR count). The van der Waals surface area contributed by atoms with Crippen LogP contribution in [0.25, 0.3) is 6.08 Å². The van der Waals surface area contributed by atoms with Gasteiger partial charge in [-0.25, -0.2) is 4.79 Å². The number of rotatable bonds is 5. The van der Waals surface area contributed by atoms with Crippen LogP contribution in [0.15, 0.2) is 48.5 Å². The minimum Gasteiger partial charge on any atom is -0.478 e. The van der Waals surface area contributed by atoms with Crippen LogP contribution in [0.5, 0.6) is 0 Å². The predicted molar refractivity (Wildman–Crippen MR) is 97.8 cm³/mol. The van der Waals surface area contributed by atoms with Gasteiger partial charge in [0.15, 0.2) is 5.96 Å². The molecule has 1 amide bonds. The van der Waals surface area contributed by atoms with Crippen molar-refractivity contribution in [2.24, 2.45) is 5.73 Å². The molecule has 0 fully saturated rings. The molecule has 0 atom stereocenters. The normalized spacial score (nSPS) is 10.4. The molecule has 0 aliphatic carbocycles. The van der Waals surface area contributed by atoms with Crippen LogP contribution in [0.1, 0.15) is 21.5 Å². The van der Waals surface area contributed by atoms with E-state index in [2.05, 4.69) is 10.6 Å². The Morgan fingerprint density at radius 3 is 2.56 bits per heavy atom. The van der Waals surface area contributed by atoms with E-state index >= 15 is 0 Å². The maximum absolute atomic E-state index is 12.4. The molecule has 2 aromatic rings. The summed E-state index contributed by atoms with van der Waals surface area (Å²) < 4.78 is 0. The smallest absolute Gasteiger partial charge is 0.328 e. The van der Waals surface area contributed by atoms with Crippen molar-refractivity contribution in [3.05, 3.63) is 65.2 Å². The Bertz CT molecular complexity index is 859. The molecule has 0 saturated heterocycles. The number of benzene rings is 2. The number of carboxylic acids is 1. The second-order valence-corrected chi connectivity index (χ2v) is 5.32. The van der Waals surface area contributed by atoms with E-state index in [1.54, 1.807) is 42.5 Å². The van der Waals surface area contributed by atoms with Gasteiger partial charge in [0.1, 0.15) is 0 Å². The van der Waals surface area contributed by atoms with Crippen molar-refractivity contribution >= 4 is 35.3 Å². The highest BCUT2D eigenvalue weighted by molar-refractivity contribution is 6.05. The van der Waals surface area contributed by atoms with Gasteiger partial charge in [0.05, 0.1) is 0 Å². The van der Waals surface area contributed by atoms with E-state index in [0.29, 0.717) is 16.9 Å². The molecule has 0 heterocycles. The third-order valence-electron chi connectivity index (χ3n) is 3.32. The number of nitrogens with one attached hydrogen (secondary N) is 3. The number of aryl methyl sites for hydroxylation is 1. The van der Waals surface area contributed by atoms with Crippen LogP contribution >= 0.6 is 0 Å². The molecular weight excluding hydrogens is 320 g/mol. The Morgan fingerprint density at radius 2 is 1.92 bits per heavy atom. The van der Waals surface area contributed by atoms with Crippen molar-refractivity contribution in [3.63, 3.8) is 0 Å². The highest BCUT2D eigenvalue weighted by Crippen LogP contribution is 2.19. The molecule has 0 saturated carbocycles. The minimum absolute atomic E-state index is 0.210. The summed E-state index contributed by atoms with van der Waals surface area (Å²) in [7, 11) is 0.